The van der Waals surface area contributed by atoms with E-state index >= 15 is 4.39 Å². The van der Waals surface area contributed by atoms with Gasteiger partial charge in [0, 0.05) is 29.6 Å². The van der Waals surface area contributed by atoms with E-state index in [1.165, 1.54) is 6.08 Å². The molecule has 7 nitrogen and oxygen atoms in total. The fourth-order valence-corrected chi connectivity index (χ4v) is 8.60. The number of allylic oxidation sites excluding steroid dienone is 4. The zero-order chi connectivity index (χ0) is 27.6. The zero-order valence-corrected chi connectivity index (χ0v) is 22.8. The molecule has 0 aromatic rings. The van der Waals surface area contributed by atoms with Gasteiger partial charge >= 0.3 is 11.9 Å². The molecule has 0 aliphatic heterocycles. The van der Waals surface area contributed by atoms with Crippen molar-refractivity contribution in [3.63, 3.8) is 0 Å². The number of hydrogen-bond donors (Lipinski definition) is 1. The highest BCUT2D eigenvalue weighted by Crippen LogP contribution is 2.72. The molecular weight excluding hydrogens is 503 g/mol. The van der Waals surface area contributed by atoms with Crippen molar-refractivity contribution in [3.8, 4) is 0 Å². The van der Waals surface area contributed by atoms with Gasteiger partial charge < -0.3 is 14.6 Å². The van der Waals surface area contributed by atoms with Crippen molar-refractivity contribution in [1.29, 1.82) is 0 Å². The summed E-state index contributed by atoms with van der Waals surface area (Å²) in [5, 5.41) is 11.7. The largest absolute Gasteiger partial charge is 0.457 e. The Hall–Kier alpha value is -2.06. The van der Waals surface area contributed by atoms with Crippen molar-refractivity contribution in [2.45, 2.75) is 89.7 Å². The van der Waals surface area contributed by atoms with Gasteiger partial charge in [-0.05, 0) is 49.2 Å². The van der Waals surface area contributed by atoms with Crippen LogP contribution in [-0.4, -0.2) is 51.8 Å². The fraction of sp³-hybridized carbons (Fsp3) is 0.714. The van der Waals surface area contributed by atoms with Crippen LogP contribution >= 0.6 is 11.6 Å². The van der Waals surface area contributed by atoms with Gasteiger partial charge in [-0.15, -0.1) is 11.6 Å². The van der Waals surface area contributed by atoms with E-state index in [0.29, 0.717) is 18.4 Å². The van der Waals surface area contributed by atoms with E-state index in [0.717, 1.165) is 0 Å². The van der Waals surface area contributed by atoms with E-state index in [-0.39, 0.29) is 37.5 Å². The van der Waals surface area contributed by atoms with Gasteiger partial charge in [0.25, 0.3) is 0 Å². The average Bonchev–Trinajstić information content (AvgIpc) is 3.07. The SMILES string of the molecule is CCC(=O)OCC(=O)[C@@]1(OC(=O)CC)[C@H](C)C[C@H]2[C@@H]3CCC4=C(F)C(=O)C=C[C@]4(C)[C@@]3(Cl)[C@@H](O)C[C@@]21C. The second kappa shape index (κ2) is 9.30. The number of ketones is 2. The second-order valence-corrected chi connectivity index (χ2v) is 12.1. The van der Waals surface area contributed by atoms with Crippen LogP contribution < -0.4 is 0 Å². The predicted molar refractivity (Wildman–Crippen MR) is 133 cm³/mol. The number of alkyl halides is 1. The van der Waals surface area contributed by atoms with Crippen LogP contribution in [0.4, 0.5) is 4.39 Å². The third-order valence-corrected chi connectivity index (χ3v) is 10.8. The number of rotatable bonds is 6. The van der Waals surface area contributed by atoms with Gasteiger partial charge in [0.2, 0.25) is 11.6 Å². The molecule has 37 heavy (non-hydrogen) atoms. The third kappa shape index (κ3) is 3.61. The first-order valence-electron chi connectivity index (χ1n) is 13.1. The summed E-state index contributed by atoms with van der Waals surface area (Å²) in [4.78, 5) is 49.2. The topological polar surface area (TPSA) is 107 Å². The molecule has 0 radical (unpaired) electrons. The lowest BCUT2D eigenvalue weighted by molar-refractivity contribution is -0.203. The molecule has 0 amide bonds. The van der Waals surface area contributed by atoms with E-state index in [4.69, 9.17) is 21.1 Å². The first-order valence-corrected chi connectivity index (χ1v) is 13.5. The highest BCUT2D eigenvalue weighted by atomic mass is 35.5. The number of ether oxygens (including phenoxy) is 2. The van der Waals surface area contributed by atoms with E-state index in [1.807, 2.05) is 13.8 Å². The Morgan fingerprint density at radius 2 is 1.81 bits per heavy atom. The maximum atomic E-state index is 15.0. The first-order chi connectivity index (χ1) is 17.2. The Balaban J connectivity index is 1.82. The molecule has 0 bridgehead atoms. The summed E-state index contributed by atoms with van der Waals surface area (Å²) in [6.45, 7) is 8.16. The molecule has 0 aromatic carbocycles. The zero-order valence-electron chi connectivity index (χ0n) is 22.1. The van der Waals surface area contributed by atoms with Crippen molar-refractivity contribution < 1.29 is 38.1 Å². The highest BCUT2D eigenvalue weighted by molar-refractivity contribution is 6.26. The van der Waals surface area contributed by atoms with E-state index in [1.54, 1.807) is 26.8 Å². The maximum Gasteiger partial charge on any atom is 0.306 e. The molecule has 3 saturated carbocycles. The van der Waals surface area contributed by atoms with Crippen LogP contribution in [0.1, 0.15) is 73.1 Å². The number of fused-ring (bicyclic) bond motifs is 5. The lowest BCUT2D eigenvalue weighted by atomic mass is 9.45. The number of aliphatic hydroxyl groups is 1. The molecule has 4 aliphatic carbocycles. The highest BCUT2D eigenvalue weighted by Gasteiger charge is 2.76. The number of halogens is 2. The van der Waals surface area contributed by atoms with Crippen molar-refractivity contribution in [3.05, 3.63) is 23.6 Å². The molecule has 3 fully saturated rings. The van der Waals surface area contributed by atoms with Crippen molar-refractivity contribution in [2.24, 2.45) is 28.6 Å². The minimum absolute atomic E-state index is 0.0126. The smallest absolute Gasteiger partial charge is 0.306 e. The second-order valence-electron chi connectivity index (χ2n) is 11.5. The summed E-state index contributed by atoms with van der Waals surface area (Å²) in [6.07, 6.45) is 2.92. The minimum Gasteiger partial charge on any atom is -0.457 e. The summed E-state index contributed by atoms with van der Waals surface area (Å²) < 4.78 is 26.2. The molecule has 4 aliphatic rings. The van der Waals surface area contributed by atoms with Crippen LogP contribution in [0.25, 0.3) is 0 Å². The molecule has 0 saturated heterocycles. The molecule has 0 aromatic heterocycles. The molecule has 9 heteroatoms. The number of hydrogen-bond acceptors (Lipinski definition) is 7. The van der Waals surface area contributed by atoms with Crippen molar-refractivity contribution in [2.75, 3.05) is 6.61 Å². The predicted octanol–water partition coefficient (Wildman–Crippen LogP) is 4.38. The molecule has 0 unspecified atom stereocenters. The standard InChI is InChI=1S/C28H36ClFO7/c1-6-22(34)36-14-21(33)28(37-23(35)7-2)15(3)12-18-16-8-9-17-24(30)19(31)10-11-25(17,4)27(16,29)20(32)13-26(18,28)5/h10-11,15-16,18,20,32H,6-9,12-14H2,1-5H3/t15-,16+,18+,20+,25+,26+,27+,28+/m1/s1. The maximum absolute atomic E-state index is 15.0. The van der Waals surface area contributed by atoms with Crippen LogP contribution in [0, 0.1) is 28.6 Å². The molecular formula is C28H36ClFO7. The third-order valence-electron chi connectivity index (χ3n) is 9.90. The van der Waals surface area contributed by atoms with Crippen LogP contribution in [0.5, 0.6) is 0 Å². The summed E-state index contributed by atoms with van der Waals surface area (Å²) >= 11 is 7.38. The van der Waals surface area contributed by atoms with E-state index < -0.39 is 69.3 Å². The number of carbonyl (C=O) groups excluding carboxylic acids is 4. The summed E-state index contributed by atoms with van der Waals surface area (Å²) in [5.41, 5.74) is -3.45. The lowest BCUT2D eigenvalue weighted by Crippen LogP contribution is -2.69. The van der Waals surface area contributed by atoms with Gasteiger partial charge in [-0.1, -0.05) is 40.7 Å². The molecule has 1 N–H and O–H groups in total. The van der Waals surface area contributed by atoms with Crippen LogP contribution in [0.15, 0.2) is 23.6 Å². The van der Waals surface area contributed by atoms with Crippen LogP contribution in [0.2, 0.25) is 0 Å². The fourth-order valence-electron chi connectivity index (χ4n) is 8.08. The Morgan fingerprint density at radius 3 is 2.43 bits per heavy atom. The first kappa shape index (κ1) is 28.0. The van der Waals surface area contributed by atoms with Gasteiger partial charge in [-0.25, -0.2) is 4.39 Å². The number of carbonyl (C=O) groups is 4. The summed E-state index contributed by atoms with van der Waals surface area (Å²) in [5.74, 6) is -4.19. The summed E-state index contributed by atoms with van der Waals surface area (Å²) in [6, 6.07) is 0. The van der Waals surface area contributed by atoms with Gasteiger partial charge in [0.05, 0.1) is 11.0 Å². The van der Waals surface area contributed by atoms with Crippen LogP contribution in [0.3, 0.4) is 0 Å². The van der Waals surface area contributed by atoms with Gasteiger partial charge in [-0.3, -0.25) is 19.2 Å². The van der Waals surface area contributed by atoms with Gasteiger partial charge in [-0.2, -0.15) is 0 Å². The molecule has 4 rings (SSSR count). The van der Waals surface area contributed by atoms with E-state index in [9.17, 15) is 24.3 Å². The molecule has 0 heterocycles. The van der Waals surface area contributed by atoms with Crippen molar-refractivity contribution in [1.82, 2.24) is 0 Å². The van der Waals surface area contributed by atoms with Crippen LogP contribution in [-0.2, 0) is 28.7 Å². The Bertz CT molecular complexity index is 1100. The number of esters is 2. The number of Topliss-reactive ketones (excluding diaryl/α,β-unsaturated/α-hetero) is 1. The molecule has 204 valence electrons. The molecule has 0 spiro atoms. The van der Waals surface area contributed by atoms with Gasteiger partial charge in [0.1, 0.15) is 0 Å². The van der Waals surface area contributed by atoms with Crippen molar-refractivity contribution >= 4 is 35.1 Å². The minimum atomic E-state index is -1.63. The Kier molecular flexibility index (Phi) is 7.03. The Morgan fingerprint density at radius 1 is 1.16 bits per heavy atom. The molecule has 8 atom stereocenters. The number of aliphatic hydroxyl groups excluding tert-OH is 1. The van der Waals surface area contributed by atoms with E-state index in [2.05, 4.69) is 0 Å². The normalized spacial score (nSPS) is 42.5. The quantitative estimate of drug-likeness (QED) is 0.395. The monoisotopic (exact) mass is 538 g/mol. The average molecular weight is 539 g/mol. The Labute approximate surface area is 221 Å². The van der Waals surface area contributed by atoms with Gasteiger partial charge in [0.15, 0.2) is 18.0 Å². The lowest BCUT2D eigenvalue weighted by Gasteiger charge is -2.64. The summed E-state index contributed by atoms with van der Waals surface area (Å²) in [7, 11) is 0.